The van der Waals surface area contributed by atoms with Gasteiger partial charge in [-0.1, -0.05) is 47.5 Å². The predicted octanol–water partition coefficient (Wildman–Crippen LogP) is 6.98. The zero-order valence-corrected chi connectivity index (χ0v) is 20.7. The number of benzene rings is 4. The van der Waals surface area contributed by atoms with Crippen LogP contribution in [0.2, 0.25) is 10.0 Å². The van der Waals surface area contributed by atoms with E-state index in [-0.39, 0.29) is 32.5 Å². The number of amides is 2. The number of hydrogen-bond donors (Lipinski definition) is 2. The molecule has 0 saturated carbocycles. The molecule has 10 nitrogen and oxygen atoms in total. The lowest BCUT2D eigenvalue weighted by Crippen LogP contribution is -2.13. The van der Waals surface area contributed by atoms with Gasteiger partial charge in [-0.2, -0.15) is 0 Å². The lowest BCUT2D eigenvalue weighted by molar-refractivity contribution is -0.385. The van der Waals surface area contributed by atoms with Crippen LogP contribution in [-0.4, -0.2) is 21.7 Å². The van der Waals surface area contributed by atoms with Crippen LogP contribution in [0.1, 0.15) is 20.7 Å². The molecule has 4 aromatic carbocycles. The number of rotatable bonds is 7. The molecule has 0 unspecified atom stereocenters. The quantitative estimate of drug-likeness (QED) is 0.187. The van der Waals surface area contributed by atoms with Crippen molar-refractivity contribution in [1.29, 1.82) is 0 Å². The van der Waals surface area contributed by atoms with Crippen molar-refractivity contribution in [2.45, 2.75) is 0 Å². The molecule has 4 aromatic rings. The van der Waals surface area contributed by atoms with E-state index in [1.807, 2.05) is 0 Å². The summed E-state index contributed by atoms with van der Waals surface area (Å²) < 4.78 is 0. The molecule has 0 bridgehead atoms. The number of non-ortho nitro benzene ring substituents is 2. The fourth-order valence-electron chi connectivity index (χ4n) is 3.49. The first-order chi connectivity index (χ1) is 18.1. The van der Waals surface area contributed by atoms with Gasteiger partial charge in [0.1, 0.15) is 0 Å². The van der Waals surface area contributed by atoms with Gasteiger partial charge in [-0.15, -0.1) is 0 Å². The number of nitro benzene ring substituents is 2. The SMILES string of the molecule is O=C(Nc1ccc(-c2ccc(NC(=O)c3cc([N+](=O)[O-])ccc3Cl)cc2)cc1)c1cc([N+](=O)[O-])ccc1Cl. The summed E-state index contributed by atoms with van der Waals surface area (Å²) in [4.78, 5) is 45.9. The van der Waals surface area contributed by atoms with Gasteiger partial charge in [0.15, 0.2) is 0 Å². The zero-order valence-electron chi connectivity index (χ0n) is 19.2. The molecule has 2 amide bonds. The van der Waals surface area contributed by atoms with Crippen molar-refractivity contribution in [2.24, 2.45) is 0 Å². The molecule has 38 heavy (non-hydrogen) atoms. The van der Waals surface area contributed by atoms with Gasteiger partial charge in [0.2, 0.25) is 0 Å². The van der Waals surface area contributed by atoms with E-state index in [0.29, 0.717) is 11.4 Å². The van der Waals surface area contributed by atoms with Gasteiger partial charge in [-0.3, -0.25) is 29.8 Å². The molecule has 0 heterocycles. The summed E-state index contributed by atoms with van der Waals surface area (Å²) in [5.74, 6) is -1.18. The smallest absolute Gasteiger partial charge is 0.270 e. The van der Waals surface area contributed by atoms with Crippen LogP contribution in [0.25, 0.3) is 11.1 Å². The normalized spacial score (nSPS) is 10.5. The lowest BCUT2D eigenvalue weighted by Gasteiger charge is -2.10. The topological polar surface area (TPSA) is 144 Å². The van der Waals surface area contributed by atoms with E-state index in [9.17, 15) is 29.8 Å². The average molecular weight is 551 g/mol. The molecule has 0 radical (unpaired) electrons. The Morgan fingerprint density at radius 1 is 0.579 bits per heavy atom. The Labute approximate surface area is 225 Å². The highest BCUT2D eigenvalue weighted by molar-refractivity contribution is 6.35. The number of carbonyl (C=O) groups excluding carboxylic acids is 2. The Morgan fingerprint density at radius 3 is 1.24 bits per heavy atom. The fourth-order valence-corrected chi connectivity index (χ4v) is 3.90. The molecular formula is C26H16Cl2N4O6. The largest absolute Gasteiger partial charge is 0.322 e. The molecule has 0 spiro atoms. The Kier molecular flexibility index (Phi) is 7.66. The lowest BCUT2D eigenvalue weighted by atomic mass is 10.0. The molecule has 12 heteroatoms. The standard InChI is InChI=1S/C26H16Cl2N4O6/c27-23-11-9-19(31(35)36)13-21(23)25(33)29-17-5-1-15(2-6-17)16-3-7-18(8-4-16)30-26(34)22-14-20(32(37)38)10-12-24(22)28/h1-14H,(H,29,33)(H,30,34). The maximum atomic E-state index is 12.6. The number of carbonyl (C=O) groups is 2. The maximum Gasteiger partial charge on any atom is 0.270 e. The number of halogens is 2. The van der Waals surface area contributed by atoms with Gasteiger partial charge in [-0.25, -0.2) is 0 Å². The van der Waals surface area contributed by atoms with E-state index in [1.165, 1.54) is 24.3 Å². The third-order valence-electron chi connectivity index (χ3n) is 5.43. The van der Waals surface area contributed by atoms with Crippen LogP contribution in [-0.2, 0) is 0 Å². The minimum Gasteiger partial charge on any atom is -0.322 e. The highest BCUT2D eigenvalue weighted by Gasteiger charge is 2.17. The van der Waals surface area contributed by atoms with Crippen LogP contribution in [0.15, 0.2) is 84.9 Å². The second-order valence-corrected chi connectivity index (χ2v) is 8.72. The Morgan fingerprint density at radius 2 is 0.921 bits per heavy atom. The molecule has 0 aromatic heterocycles. The first kappa shape index (κ1) is 26.3. The average Bonchev–Trinajstić information content (AvgIpc) is 2.89. The van der Waals surface area contributed by atoms with Crippen LogP contribution < -0.4 is 10.6 Å². The van der Waals surface area contributed by atoms with Gasteiger partial charge in [0.05, 0.1) is 31.0 Å². The summed E-state index contributed by atoms with van der Waals surface area (Å²) >= 11 is 12.1. The molecule has 0 aliphatic carbocycles. The van der Waals surface area contributed by atoms with Gasteiger partial charge in [0, 0.05) is 35.6 Å². The molecule has 0 aliphatic heterocycles. The number of hydrogen-bond acceptors (Lipinski definition) is 6. The highest BCUT2D eigenvalue weighted by Crippen LogP contribution is 2.27. The monoisotopic (exact) mass is 550 g/mol. The second kappa shape index (κ2) is 11.1. The van der Waals surface area contributed by atoms with Gasteiger partial charge >= 0.3 is 0 Å². The number of nitrogens with zero attached hydrogens (tertiary/aromatic N) is 2. The predicted molar refractivity (Wildman–Crippen MR) is 144 cm³/mol. The number of nitro groups is 2. The molecule has 2 N–H and O–H groups in total. The fraction of sp³-hybridized carbons (Fsp3) is 0. The van der Waals surface area contributed by atoms with Crippen molar-refractivity contribution in [1.82, 2.24) is 0 Å². The van der Waals surface area contributed by atoms with E-state index >= 15 is 0 Å². The van der Waals surface area contributed by atoms with Crippen LogP contribution in [0.4, 0.5) is 22.7 Å². The van der Waals surface area contributed by atoms with Crippen LogP contribution >= 0.6 is 23.2 Å². The first-order valence-corrected chi connectivity index (χ1v) is 11.6. The minimum absolute atomic E-state index is 0.0195. The Hall–Kier alpha value is -4.80. The summed E-state index contributed by atoms with van der Waals surface area (Å²) in [7, 11) is 0. The number of anilines is 2. The summed E-state index contributed by atoms with van der Waals surface area (Å²) in [5.41, 5.74) is 2.01. The highest BCUT2D eigenvalue weighted by atomic mass is 35.5. The Bertz CT molecular complexity index is 1460. The van der Waals surface area contributed by atoms with E-state index in [1.54, 1.807) is 48.5 Å². The van der Waals surface area contributed by atoms with E-state index in [2.05, 4.69) is 10.6 Å². The molecule has 0 atom stereocenters. The molecule has 0 saturated heterocycles. The van der Waals surface area contributed by atoms with Gasteiger partial charge in [0.25, 0.3) is 23.2 Å². The maximum absolute atomic E-state index is 12.6. The van der Waals surface area contributed by atoms with Crippen molar-refractivity contribution >= 4 is 57.8 Å². The van der Waals surface area contributed by atoms with Gasteiger partial charge in [-0.05, 0) is 47.5 Å². The van der Waals surface area contributed by atoms with E-state index in [4.69, 9.17) is 23.2 Å². The molecular weight excluding hydrogens is 535 g/mol. The van der Waals surface area contributed by atoms with E-state index in [0.717, 1.165) is 23.3 Å². The molecule has 0 fully saturated rings. The van der Waals surface area contributed by atoms with Crippen molar-refractivity contribution < 1.29 is 19.4 Å². The Balaban J connectivity index is 1.43. The van der Waals surface area contributed by atoms with Crippen LogP contribution in [0, 0.1) is 20.2 Å². The summed E-state index contributed by atoms with van der Waals surface area (Å²) in [6, 6.07) is 21.0. The number of nitrogens with one attached hydrogen (secondary N) is 2. The van der Waals surface area contributed by atoms with Crippen LogP contribution in [0.3, 0.4) is 0 Å². The van der Waals surface area contributed by atoms with Crippen molar-refractivity contribution in [3.8, 4) is 11.1 Å². The van der Waals surface area contributed by atoms with Crippen molar-refractivity contribution in [3.63, 3.8) is 0 Å². The minimum atomic E-state index is -0.610. The second-order valence-electron chi connectivity index (χ2n) is 7.91. The molecule has 190 valence electrons. The van der Waals surface area contributed by atoms with E-state index < -0.39 is 21.7 Å². The zero-order chi connectivity index (χ0) is 27.4. The van der Waals surface area contributed by atoms with Crippen LogP contribution in [0.5, 0.6) is 0 Å². The summed E-state index contributed by atoms with van der Waals surface area (Å²) in [5, 5.41) is 27.5. The molecule has 4 rings (SSSR count). The summed E-state index contributed by atoms with van der Waals surface area (Å²) in [6.45, 7) is 0. The van der Waals surface area contributed by atoms with Crippen molar-refractivity contribution in [2.75, 3.05) is 10.6 Å². The first-order valence-electron chi connectivity index (χ1n) is 10.8. The summed E-state index contributed by atoms with van der Waals surface area (Å²) in [6.07, 6.45) is 0. The van der Waals surface area contributed by atoms with Gasteiger partial charge < -0.3 is 10.6 Å². The third kappa shape index (κ3) is 5.94. The van der Waals surface area contributed by atoms with Crippen molar-refractivity contribution in [3.05, 3.63) is 126 Å². The molecule has 0 aliphatic rings. The third-order valence-corrected chi connectivity index (χ3v) is 6.09.